The summed E-state index contributed by atoms with van der Waals surface area (Å²) in [6.45, 7) is 4.75. The average Bonchev–Trinajstić information content (AvgIpc) is 3.29. The number of aromatic nitrogens is 4. The smallest absolute Gasteiger partial charge is 0.274 e. The molecule has 0 spiro atoms. The molecule has 2 aromatic heterocycles. The molecule has 40 heavy (non-hydrogen) atoms. The largest absolute Gasteiger partial charge is 0.388 e. The van der Waals surface area contributed by atoms with Gasteiger partial charge in [0.1, 0.15) is 12.2 Å². The molecule has 5 fully saturated rings. The third kappa shape index (κ3) is 5.30. The molecule has 0 amide bonds. The van der Waals surface area contributed by atoms with E-state index in [4.69, 9.17) is 20.9 Å². The van der Waals surface area contributed by atoms with Crippen molar-refractivity contribution >= 4 is 46.1 Å². The second-order valence-corrected chi connectivity index (χ2v) is 18.0. The van der Waals surface area contributed by atoms with E-state index in [1.165, 1.54) is 30.2 Å². The Labute approximate surface area is 236 Å². The maximum Gasteiger partial charge on any atom is 0.274 e. The van der Waals surface area contributed by atoms with Gasteiger partial charge in [-0.15, -0.1) is 0 Å². The van der Waals surface area contributed by atoms with Crippen molar-refractivity contribution in [1.29, 1.82) is 0 Å². The molecule has 5 N–H and O–H groups in total. The highest BCUT2D eigenvalue weighted by Gasteiger charge is 2.60. The van der Waals surface area contributed by atoms with Gasteiger partial charge in [-0.2, -0.15) is 18.4 Å². The molecule has 1 saturated heterocycles. The molecule has 0 radical (unpaired) electrons. The Kier molecular flexibility index (Phi) is 6.68. The molecule has 3 unspecified atom stereocenters. The van der Waals surface area contributed by atoms with E-state index in [1.54, 1.807) is 0 Å². The summed E-state index contributed by atoms with van der Waals surface area (Å²) in [7, 11) is -8.93. The number of hydrogen-bond donors (Lipinski definition) is 5. The number of aliphatic hydroxyl groups excluding tert-OH is 2. The van der Waals surface area contributed by atoms with Crippen LogP contribution in [0.2, 0.25) is 5.28 Å². The van der Waals surface area contributed by atoms with E-state index < -0.39 is 53.7 Å². The number of ether oxygens (including phenoxy) is 1. The molecule has 13 nitrogen and oxygen atoms in total. The van der Waals surface area contributed by atoms with Gasteiger partial charge >= 0.3 is 0 Å². The molecule has 7 rings (SSSR count). The van der Waals surface area contributed by atoms with E-state index >= 15 is 0 Å². The Hall–Kier alpha value is -1.38. The van der Waals surface area contributed by atoms with Gasteiger partial charge < -0.3 is 25.2 Å². The fourth-order valence-corrected chi connectivity index (χ4v) is 12.2. The number of rotatable bonds is 8. The first-order valence-corrected chi connectivity index (χ1v) is 17.4. The number of halogens is 1. The summed E-state index contributed by atoms with van der Waals surface area (Å²) in [5, 5.41) is 25.1. The van der Waals surface area contributed by atoms with Crippen LogP contribution in [0.5, 0.6) is 0 Å². The molecule has 0 aromatic carbocycles. The van der Waals surface area contributed by atoms with Crippen LogP contribution in [0.1, 0.15) is 65.0 Å². The van der Waals surface area contributed by atoms with Gasteiger partial charge in [-0.1, -0.05) is 13.8 Å². The van der Waals surface area contributed by atoms with Crippen LogP contribution in [-0.4, -0.2) is 83.1 Å². The molecule has 1 aliphatic heterocycles. The first kappa shape index (κ1) is 28.7. The fourth-order valence-electron chi connectivity index (χ4n) is 8.85. The van der Waals surface area contributed by atoms with Gasteiger partial charge in [0.05, 0.1) is 12.4 Å². The van der Waals surface area contributed by atoms with E-state index in [2.05, 4.69) is 34.1 Å². The average molecular weight is 620 g/mol. The SMILES string of the molecule is C[C@]12C[C@@H]3C[C@](C)(C1)C[C@@](Nc1nc(Cl)nc4c1ncn4[C@@H]1O[C@H](CCP(=O)(O)CS(=O)(=O)O)C(O)C1O)(C3)C2. The molecule has 3 heterocycles. The summed E-state index contributed by atoms with van der Waals surface area (Å²) in [6, 6.07) is 0. The van der Waals surface area contributed by atoms with Crippen molar-refractivity contribution in [2.45, 2.75) is 88.9 Å². The molecule has 16 heteroatoms. The third-order valence-electron chi connectivity index (χ3n) is 9.14. The Bertz CT molecular complexity index is 1490. The monoisotopic (exact) mass is 619 g/mol. The van der Waals surface area contributed by atoms with Crippen molar-refractivity contribution in [2.75, 3.05) is 17.0 Å². The highest BCUT2D eigenvalue weighted by Crippen LogP contribution is 2.67. The maximum atomic E-state index is 12.2. The molecule has 4 bridgehead atoms. The number of aliphatic hydroxyl groups is 2. The van der Waals surface area contributed by atoms with Crippen LogP contribution in [0, 0.1) is 16.7 Å². The normalized spacial score (nSPS) is 40.5. The van der Waals surface area contributed by atoms with Gasteiger partial charge in [0.2, 0.25) is 12.7 Å². The summed E-state index contributed by atoms with van der Waals surface area (Å²) < 4.78 is 50.5. The molecule has 4 aliphatic carbocycles. The molecule has 222 valence electrons. The summed E-state index contributed by atoms with van der Waals surface area (Å²) in [5.74, 6) is 1.15. The number of hydrogen-bond acceptors (Lipinski definition) is 10. The molecular weight excluding hydrogens is 585 g/mol. The predicted octanol–water partition coefficient (Wildman–Crippen LogP) is 2.77. The van der Waals surface area contributed by atoms with Gasteiger partial charge in [0.15, 0.2) is 28.7 Å². The third-order valence-corrected chi connectivity index (χ3v) is 13.2. The Balaban J connectivity index is 1.25. The summed E-state index contributed by atoms with van der Waals surface area (Å²) in [5.41, 5.74) is -0.167. The summed E-state index contributed by atoms with van der Waals surface area (Å²) in [4.78, 5) is 23.3. The van der Waals surface area contributed by atoms with Crippen molar-refractivity contribution in [3.63, 3.8) is 0 Å². The van der Waals surface area contributed by atoms with E-state index in [1.807, 2.05) is 0 Å². The molecule has 9 atom stereocenters. The van der Waals surface area contributed by atoms with E-state index in [-0.39, 0.29) is 28.1 Å². The minimum atomic E-state index is -4.67. The topological polar surface area (TPSA) is 197 Å². The number of nitrogens with one attached hydrogen (secondary N) is 1. The lowest BCUT2D eigenvalue weighted by molar-refractivity contribution is -0.0973. The van der Waals surface area contributed by atoms with Crippen molar-refractivity contribution in [3.05, 3.63) is 11.6 Å². The second kappa shape index (κ2) is 9.31. The Morgan fingerprint density at radius 1 is 1.15 bits per heavy atom. The van der Waals surface area contributed by atoms with Crippen LogP contribution in [0.25, 0.3) is 11.2 Å². The van der Waals surface area contributed by atoms with E-state index in [0.717, 1.165) is 19.3 Å². The number of nitrogens with zero attached hydrogens (tertiary/aromatic N) is 4. The Morgan fingerprint density at radius 3 is 2.45 bits per heavy atom. The zero-order valence-corrected chi connectivity index (χ0v) is 24.7. The molecule has 5 aliphatic rings. The van der Waals surface area contributed by atoms with Gasteiger partial charge in [0, 0.05) is 11.7 Å². The number of fused-ring (bicyclic) bond motifs is 1. The van der Waals surface area contributed by atoms with Gasteiger partial charge in [0.25, 0.3) is 10.1 Å². The molecule has 4 saturated carbocycles. The van der Waals surface area contributed by atoms with Crippen LogP contribution in [0.4, 0.5) is 5.82 Å². The van der Waals surface area contributed by atoms with Crippen LogP contribution < -0.4 is 5.32 Å². The lowest BCUT2D eigenvalue weighted by atomic mass is 9.43. The van der Waals surface area contributed by atoms with Crippen molar-refractivity contribution in [1.82, 2.24) is 19.5 Å². The van der Waals surface area contributed by atoms with Gasteiger partial charge in [-0.25, -0.2) is 4.98 Å². The fraction of sp³-hybridized carbons (Fsp3) is 0.792. The molecular formula is C24H35ClN5O8PS. The lowest BCUT2D eigenvalue weighted by Gasteiger charge is -2.65. The van der Waals surface area contributed by atoms with Crippen LogP contribution in [-0.2, 0) is 19.4 Å². The van der Waals surface area contributed by atoms with Crippen LogP contribution in [0.15, 0.2) is 6.33 Å². The lowest BCUT2D eigenvalue weighted by Crippen LogP contribution is -2.61. The second-order valence-electron chi connectivity index (χ2n) is 13.3. The number of imidazole rings is 1. The summed E-state index contributed by atoms with van der Waals surface area (Å²) >= 11 is 6.36. The maximum absolute atomic E-state index is 12.2. The zero-order valence-electron chi connectivity index (χ0n) is 22.3. The predicted molar refractivity (Wildman–Crippen MR) is 146 cm³/mol. The highest BCUT2D eigenvalue weighted by molar-refractivity contribution is 7.93. The minimum absolute atomic E-state index is 0.0186. The van der Waals surface area contributed by atoms with Crippen molar-refractivity contribution in [3.8, 4) is 0 Å². The van der Waals surface area contributed by atoms with Crippen LogP contribution >= 0.6 is 19.0 Å². The van der Waals surface area contributed by atoms with E-state index in [0.29, 0.717) is 22.9 Å². The zero-order chi connectivity index (χ0) is 28.9. The Morgan fingerprint density at radius 2 is 1.82 bits per heavy atom. The van der Waals surface area contributed by atoms with Crippen molar-refractivity contribution in [2.24, 2.45) is 16.7 Å². The van der Waals surface area contributed by atoms with E-state index in [9.17, 15) is 28.1 Å². The quantitative estimate of drug-likeness (QED) is 0.165. The highest BCUT2D eigenvalue weighted by atomic mass is 35.5. The van der Waals surface area contributed by atoms with Crippen molar-refractivity contribution < 1.29 is 37.4 Å². The molecule has 2 aromatic rings. The van der Waals surface area contributed by atoms with Crippen LogP contribution in [0.3, 0.4) is 0 Å². The van der Waals surface area contributed by atoms with Gasteiger partial charge in [-0.3, -0.25) is 13.7 Å². The summed E-state index contributed by atoms with van der Waals surface area (Å²) in [6.07, 6.45) is 2.36. The standard InChI is InChI=1S/C24H35ClN5O8PS/c1-22-5-13-6-23(2,8-22)10-24(7-13,9-22)29-18-15-19(28-21(25)27-18)30(11-26-15)20-17(32)16(31)14(38-20)3-4-39(33,34)12-40(35,36)37/h11,13-14,16-17,20,31-32H,3-10,12H2,1-2H3,(H,33,34)(H,27,28,29)(H,35,36,37)/t13-,14-,16?,17?,20-,22+,23-,24-/m1/s1. The first-order chi connectivity index (χ1) is 18.5. The van der Waals surface area contributed by atoms with Gasteiger partial charge in [-0.05, 0) is 73.3 Å². The number of anilines is 1. The minimum Gasteiger partial charge on any atom is -0.388 e. The first-order valence-electron chi connectivity index (χ1n) is 13.4.